The molecule has 0 bridgehead atoms. The molecule has 0 saturated heterocycles. The lowest BCUT2D eigenvalue weighted by Crippen LogP contribution is -2.41. The number of aromatic nitrogens is 1. The standard InChI is InChI=1S/C26H41FN2O4S2Si/c1-16(2)20-11-19(27)12-21(17(3)4)22(20)13-24(30)29-35(31,32)25-28-14-23(34-25)18(5)15-33-36(9,10)26(6,7)8/h11-12,14,16-18H,13,15H2,1-10H3,(H,29,30). The predicted octanol–water partition coefficient (Wildman–Crippen LogP) is 6.70. The van der Waals surface area contributed by atoms with E-state index in [1.807, 2.05) is 34.6 Å². The SMILES string of the molecule is CC(C)c1cc(F)cc(C(C)C)c1CC(=O)NS(=O)(=O)c1ncc(C(C)CO[Si](C)(C)C(C)(C)C)s1. The number of nitrogens with zero attached hydrogens (tertiary/aromatic N) is 1. The summed E-state index contributed by atoms with van der Waals surface area (Å²) in [7, 11) is -6.06. The molecule has 1 N–H and O–H groups in total. The van der Waals surface area contributed by atoms with Gasteiger partial charge < -0.3 is 4.43 Å². The lowest BCUT2D eigenvalue weighted by atomic mass is 9.87. The van der Waals surface area contributed by atoms with Crippen LogP contribution in [0.4, 0.5) is 4.39 Å². The number of amides is 1. The zero-order valence-corrected chi connectivity index (χ0v) is 25.8. The first-order chi connectivity index (χ1) is 16.4. The van der Waals surface area contributed by atoms with Crippen LogP contribution in [-0.4, -0.2) is 34.2 Å². The number of carbonyl (C=O) groups is 1. The summed E-state index contributed by atoms with van der Waals surface area (Å²) in [6.45, 7) is 21.0. The second-order valence-electron chi connectivity index (χ2n) is 11.6. The molecule has 0 aliphatic rings. The molecule has 2 rings (SSSR count). The van der Waals surface area contributed by atoms with Gasteiger partial charge in [-0.1, -0.05) is 55.4 Å². The van der Waals surface area contributed by atoms with E-state index >= 15 is 0 Å². The van der Waals surface area contributed by atoms with Crippen molar-refractivity contribution in [3.8, 4) is 0 Å². The van der Waals surface area contributed by atoms with Gasteiger partial charge in [0, 0.05) is 23.6 Å². The highest BCUT2D eigenvalue weighted by atomic mass is 32.2. The monoisotopic (exact) mass is 556 g/mol. The van der Waals surface area contributed by atoms with E-state index in [1.165, 1.54) is 18.3 Å². The summed E-state index contributed by atoms with van der Waals surface area (Å²) in [5, 5.41) is 0.0780. The van der Waals surface area contributed by atoms with Crippen molar-refractivity contribution < 1.29 is 22.0 Å². The fraction of sp³-hybridized carbons (Fsp3) is 0.615. The first-order valence-corrected chi connectivity index (χ1v) is 17.5. The first-order valence-electron chi connectivity index (χ1n) is 12.3. The van der Waals surface area contributed by atoms with Crippen LogP contribution < -0.4 is 4.72 Å². The van der Waals surface area contributed by atoms with Crippen LogP contribution in [0.5, 0.6) is 0 Å². The number of benzene rings is 1. The molecule has 0 aliphatic carbocycles. The van der Waals surface area contributed by atoms with E-state index in [9.17, 15) is 17.6 Å². The van der Waals surface area contributed by atoms with Crippen molar-refractivity contribution in [1.82, 2.24) is 9.71 Å². The zero-order valence-electron chi connectivity index (χ0n) is 23.2. The van der Waals surface area contributed by atoms with Gasteiger partial charge in [-0.05, 0) is 58.8 Å². The van der Waals surface area contributed by atoms with Crippen LogP contribution in [0.2, 0.25) is 18.1 Å². The third kappa shape index (κ3) is 7.46. The molecule has 0 aliphatic heterocycles. The number of thiazole rings is 1. The first kappa shape index (κ1) is 30.6. The molecule has 36 heavy (non-hydrogen) atoms. The van der Waals surface area contributed by atoms with E-state index in [4.69, 9.17) is 4.43 Å². The minimum atomic E-state index is -4.13. The summed E-state index contributed by atoms with van der Waals surface area (Å²) < 4.78 is 48.4. The average molecular weight is 557 g/mol. The Labute approximate surface area is 221 Å². The maximum absolute atomic E-state index is 14.2. The minimum absolute atomic E-state index is 0.0193. The molecule has 0 radical (unpaired) electrons. The van der Waals surface area contributed by atoms with Gasteiger partial charge in [0.2, 0.25) is 10.2 Å². The predicted molar refractivity (Wildman–Crippen MR) is 147 cm³/mol. The second-order valence-corrected chi connectivity index (χ2v) is 19.3. The highest BCUT2D eigenvalue weighted by Gasteiger charge is 2.37. The largest absolute Gasteiger partial charge is 0.416 e. The van der Waals surface area contributed by atoms with Crippen molar-refractivity contribution in [2.75, 3.05) is 6.61 Å². The zero-order chi connectivity index (χ0) is 27.6. The van der Waals surface area contributed by atoms with Gasteiger partial charge in [-0.2, -0.15) is 8.42 Å². The maximum Gasteiger partial charge on any atom is 0.291 e. The Balaban J connectivity index is 2.18. The molecule has 0 saturated carbocycles. The van der Waals surface area contributed by atoms with Gasteiger partial charge in [0.25, 0.3) is 10.0 Å². The van der Waals surface area contributed by atoms with Gasteiger partial charge in [-0.25, -0.2) is 14.1 Å². The molecule has 10 heteroatoms. The van der Waals surface area contributed by atoms with Crippen molar-refractivity contribution >= 4 is 35.6 Å². The van der Waals surface area contributed by atoms with Gasteiger partial charge in [0.05, 0.1) is 6.42 Å². The quantitative estimate of drug-likeness (QED) is 0.329. The molecule has 1 amide bonds. The normalized spacial score (nSPS) is 13.9. The minimum Gasteiger partial charge on any atom is -0.416 e. The number of hydrogen-bond donors (Lipinski definition) is 1. The molecule has 1 unspecified atom stereocenters. The van der Waals surface area contributed by atoms with Crippen LogP contribution in [0.3, 0.4) is 0 Å². The van der Waals surface area contributed by atoms with Gasteiger partial charge in [-0.15, -0.1) is 11.3 Å². The summed E-state index contributed by atoms with van der Waals surface area (Å²) in [5.41, 5.74) is 2.09. The number of hydrogen-bond acceptors (Lipinski definition) is 6. The Kier molecular flexibility index (Phi) is 9.70. The Bertz CT molecular complexity index is 1160. The van der Waals surface area contributed by atoms with E-state index in [0.717, 1.165) is 16.2 Å². The second kappa shape index (κ2) is 11.4. The van der Waals surface area contributed by atoms with Crippen LogP contribution in [-0.2, 0) is 25.7 Å². The van der Waals surface area contributed by atoms with Crippen molar-refractivity contribution in [3.63, 3.8) is 0 Å². The number of rotatable bonds is 10. The third-order valence-corrected chi connectivity index (χ3v) is 14.3. The molecule has 6 nitrogen and oxygen atoms in total. The van der Waals surface area contributed by atoms with E-state index in [2.05, 4.69) is 43.6 Å². The molecule has 1 atom stereocenters. The fourth-order valence-corrected chi connectivity index (χ4v) is 6.84. The van der Waals surface area contributed by atoms with E-state index in [1.54, 1.807) is 0 Å². The molecule has 0 fully saturated rings. The number of halogens is 1. The lowest BCUT2D eigenvalue weighted by molar-refractivity contribution is -0.118. The topological polar surface area (TPSA) is 85.4 Å². The van der Waals surface area contributed by atoms with Gasteiger partial charge in [0.15, 0.2) is 8.32 Å². The van der Waals surface area contributed by atoms with E-state index in [0.29, 0.717) is 23.3 Å². The van der Waals surface area contributed by atoms with E-state index in [-0.39, 0.29) is 39.4 Å². The van der Waals surface area contributed by atoms with Crippen LogP contribution in [0.15, 0.2) is 22.7 Å². The summed E-state index contributed by atoms with van der Waals surface area (Å²) in [6.07, 6.45) is 1.38. The summed E-state index contributed by atoms with van der Waals surface area (Å²) in [5.74, 6) is -1.10. The van der Waals surface area contributed by atoms with E-state index < -0.39 is 24.2 Å². The Morgan fingerprint density at radius 1 is 1.11 bits per heavy atom. The Hall–Kier alpha value is -1.62. The molecule has 2 aromatic rings. The smallest absolute Gasteiger partial charge is 0.291 e. The lowest BCUT2D eigenvalue weighted by Gasteiger charge is -2.36. The molecular weight excluding hydrogens is 516 g/mol. The third-order valence-electron chi connectivity index (χ3n) is 6.83. The van der Waals surface area contributed by atoms with Crippen LogP contribution in [0.25, 0.3) is 0 Å². The molecule has 202 valence electrons. The van der Waals surface area contributed by atoms with Gasteiger partial charge in [-0.3, -0.25) is 4.79 Å². The summed E-state index contributed by atoms with van der Waals surface area (Å²) in [4.78, 5) is 17.7. The van der Waals surface area contributed by atoms with Crippen molar-refractivity contribution in [2.45, 2.75) is 102 Å². The van der Waals surface area contributed by atoms with Crippen LogP contribution in [0.1, 0.15) is 94.7 Å². The van der Waals surface area contributed by atoms with Gasteiger partial charge >= 0.3 is 0 Å². The van der Waals surface area contributed by atoms with Gasteiger partial charge in [0.1, 0.15) is 5.82 Å². The summed E-state index contributed by atoms with van der Waals surface area (Å²) >= 11 is 1.04. The molecule has 0 spiro atoms. The van der Waals surface area contributed by atoms with Crippen molar-refractivity contribution in [3.05, 3.63) is 45.7 Å². The van der Waals surface area contributed by atoms with Crippen LogP contribution >= 0.6 is 11.3 Å². The number of carbonyl (C=O) groups excluding carboxylic acids is 1. The molecule has 1 aromatic heterocycles. The Morgan fingerprint density at radius 3 is 2.11 bits per heavy atom. The average Bonchev–Trinajstić information content (AvgIpc) is 3.23. The number of nitrogens with one attached hydrogen (secondary N) is 1. The highest BCUT2D eigenvalue weighted by Crippen LogP contribution is 2.38. The summed E-state index contributed by atoms with van der Waals surface area (Å²) in [6, 6.07) is 2.85. The van der Waals surface area contributed by atoms with Crippen molar-refractivity contribution in [1.29, 1.82) is 0 Å². The fourth-order valence-electron chi connectivity index (χ4n) is 3.56. The number of sulfonamides is 1. The van der Waals surface area contributed by atoms with Crippen molar-refractivity contribution in [2.24, 2.45) is 0 Å². The van der Waals surface area contributed by atoms with Crippen LogP contribution in [0, 0.1) is 5.82 Å². The molecule has 1 aromatic carbocycles. The highest BCUT2D eigenvalue weighted by molar-refractivity contribution is 7.92. The molecule has 1 heterocycles. The molecular formula is C26H41FN2O4S2Si. The Morgan fingerprint density at radius 2 is 1.64 bits per heavy atom. The maximum atomic E-state index is 14.2.